The summed E-state index contributed by atoms with van der Waals surface area (Å²) in [4.78, 5) is 29.3. The van der Waals surface area contributed by atoms with Gasteiger partial charge in [0.25, 0.3) is 0 Å². The molecule has 1 atom stereocenters. The molecule has 9 heteroatoms. The Morgan fingerprint density at radius 2 is 1.70 bits per heavy atom. The van der Waals surface area contributed by atoms with Gasteiger partial charge in [0.2, 0.25) is 11.7 Å². The number of carbonyl (C=O) groups excluding carboxylic acids is 2. The molecule has 0 spiro atoms. The number of fused-ring (bicyclic) bond motifs is 1. The van der Waals surface area contributed by atoms with E-state index in [1.54, 1.807) is 31.2 Å². The zero-order valence-corrected chi connectivity index (χ0v) is 19.5. The zero-order valence-electron chi connectivity index (χ0n) is 18.8. The number of H-pyrrole nitrogens is 1. The first-order valence-electron chi connectivity index (χ1n) is 10.1. The molecule has 1 amide bonds. The minimum absolute atomic E-state index is 0.286. The standard InChI is InChI=1S/C24H23ClN2O6/c1-11-17(24(29)33-5)19(18-13-7-6-8-14(25)21(13)27-23(18)28)20(26-11)12-9-15(30-2)22(32-4)16(10-12)31-3/h6-10,18,26H,1-5H3,(H,27,28)/t18-/m0/s1. The smallest absolute Gasteiger partial charge is 0.340 e. The molecule has 8 nitrogen and oxygen atoms in total. The van der Waals surface area contributed by atoms with Crippen LogP contribution in [0.4, 0.5) is 5.69 Å². The number of esters is 1. The minimum atomic E-state index is -0.785. The second-order valence-electron chi connectivity index (χ2n) is 7.45. The normalized spacial score (nSPS) is 14.5. The predicted octanol–water partition coefficient (Wildman–Crippen LogP) is 4.54. The Kier molecular flexibility index (Phi) is 5.95. The average molecular weight is 471 g/mol. The number of aryl methyl sites for hydroxylation is 1. The second-order valence-corrected chi connectivity index (χ2v) is 7.85. The Hall–Kier alpha value is -3.65. The first-order chi connectivity index (χ1) is 15.9. The summed E-state index contributed by atoms with van der Waals surface area (Å²) in [6.07, 6.45) is 0. The molecule has 0 fully saturated rings. The number of anilines is 1. The van der Waals surface area contributed by atoms with Crippen LogP contribution in [0.25, 0.3) is 11.3 Å². The van der Waals surface area contributed by atoms with E-state index in [-0.39, 0.29) is 11.5 Å². The van der Waals surface area contributed by atoms with Crippen LogP contribution in [0, 0.1) is 6.92 Å². The molecule has 2 aromatic carbocycles. The first-order valence-corrected chi connectivity index (χ1v) is 10.4. The lowest BCUT2D eigenvalue weighted by Crippen LogP contribution is -2.17. The highest BCUT2D eigenvalue weighted by atomic mass is 35.5. The second kappa shape index (κ2) is 8.71. The largest absolute Gasteiger partial charge is 0.493 e. The molecule has 2 heterocycles. The highest BCUT2D eigenvalue weighted by Gasteiger charge is 2.39. The number of aromatic nitrogens is 1. The van der Waals surface area contributed by atoms with Crippen LogP contribution >= 0.6 is 11.6 Å². The van der Waals surface area contributed by atoms with Crippen LogP contribution in [0.2, 0.25) is 5.02 Å². The van der Waals surface area contributed by atoms with Gasteiger partial charge in [0.1, 0.15) is 0 Å². The van der Waals surface area contributed by atoms with Gasteiger partial charge in [-0.2, -0.15) is 0 Å². The Morgan fingerprint density at radius 1 is 1.03 bits per heavy atom. The van der Waals surface area contributed by atoms with E-state index in [4.69, 9.17) is 30.5 Å². The molecular formula is C24H23ClN2O6. The van der Waals surface area contributed by atoms with Crippen LogP contribution < -0.4 is 19.5 Å². The third-order valence-corrected chi connectivity index (χ3v) is 6.04. The monoisotopic (exact) mass is 470 g/mol. The van der Waals surface area contributed by atoms with Gasteiger partial charge >= 0.3 is 5.97 Å². The number of halogens is 1. The molecule has 172 valence electrons. The number of ether oxygens (including phenoxy) is 4. The lowest BCUT2D eigenvalue weighted by atomic mass is 9.87. The highest BCUT2D eigenvalue weighted by Crippen LogP contribution is 2.48. The summed E-state index contributed by atoms with van der Waals surface area (Å²) < 4.78 is 21.5. The molecule has 0 saturated carbocycles. The van der Waals surface area contributed by atoms with Crippen molar-refractivity contribution < 1.29 is 28.5 Å². The van der Waals surface area contributed by atoms with Crippen molar-refractivity contribution in [3.8, 4) is 28.5 Å². The number of hydrogen-bond donors (Lipinski definition) is 2. The molecule has 0 aliphatic carbocycles. The summed E-state index contributed by atoms with van der Waals surface area (Å²) in [7, 11) is 5.86. The predicted molar refractivity (Wildman–Crippen MR) is 124 cm³/mol. The van der Waals surface area contributed by atoms with Crippen LogP contribution in [0.5, 0.6) is 17.2 Å². The number of hydrogen-bond acceptors (Lipinski definition) is 6. The molecule has 4 rings (SSSR count). The number of benzene rings is 2. The molecule has 1 aromatic heterocycles. The van der Waals surface area contributed by atoms with Crippen LogP contribution in [0.15, 0.2) is 30.3 Å². The SMILES string of the molecule is COC(=O)c1c(C)[nH]c(-c2cc(OC)c(OC)c(OC)c2)c1[C@H]1C(=O)Nc2c(Cl)cccc21. The van der Waals surface area contributed by atoms with Crippen molar-refractivity contribution in [1.82, 2.24) is 4.98 Å². The van der Waals surface area contributed by atoms with E-state index in [1.807, 2.05) is 6.07 Å². The summed E-state index contributed by atoms with van der Waals surface area (Å²) in [5, 5.41) is 3.26. The van der Waals surface area contributed by atoms with Crippen LogP contribution in [0.3, 0.4) is 0 Å². The molecule has 3 aromatic rings. The number of rotatable bonds is 6. The molecule has 1 aliphatic heterocycles. The Balaban J connectivity index is 2.03. The lowest BCUT2D eigenvalue weighted by molar-refractivity contribution is -0.116. The molecule has 1 aliphatic rings. The number of aromatic amines is 1. The third kappa shape index (κ3) is 3.56. The summed E-state index contributed by atoms with van der Waals surface area (Å²) in [6.45, 7) is 1.75. The third-order valence-electron chi connectivity index (χ3n) is 5.73. The van der Waals surface area contributed by atoms with Gasteiger partial charge in [-0.15, -0.1) is 0 Å². The Bertz CT molecular complexity index is 1240. The Morgan fingerprint density at radius 3 is 2.27 bits per heavy atom. The topological polar surface area (TPSA) is 98.9 Å². The summed E-state index contributed by atoms with van der Waals surface area (Å²) in [6, 6.07) is 8.79. The van der Waals surface area contributed by atoms with E-state index in [1.165, 1.54) is 28.4 Å². The van der Waals surface area contributed by atoms with Gasteiger partial charge in [0.05, 0.1) is 56.3 Å². The molecule has 0 bridgehead atoms. The fourth-order valence-corrected chi connectivity index (χ4v) is 4.52. The van der Waals surface area contributed by atoms with Crippen molar-refractivity contribution in [3.63, 3.8) is 0 Å². The summed E-state index contributed by atoms with van der Waals surface area (Å²) in [5.41, 5.74) is 3.72. The van der Waals surface area contributed by atoms with Gasteiger partial charge in [-0.3, -0.25) is 4.79 Å². The molecule has 0 unspecified atom stereocenters. The van der Waals surface area contributed by atoms with Gasteiger partial charge in [0, 0.05) is 16.8 Å². The maximum Gasteiger partial charge on any atom is 0.340 e. The van der Waals surface area contributed by atoms with E-state index < -0.39 is 11.9 Å². The fourth-order valence-electron chi connectivity index (χ4n) is 4.29. The van der Waals surface area contributed by atoms with E-state index in [0.29, 0.717) is 56.0 Å². The van der Waals surface area contributed by atoms with Crippen molar-refractivity contribution in [2.24, 2.45) is 0 Å². The average Bonchev–Trinajstić information content (AvgIpc) is 3.33. The summed E-state index contributed by atoms with van der Waals surface area (Å²) >= 11 is 6.33. The molecule has 0 radical (unpaired) electrons. The Labute approximate surface area is 195 Å². The van der Waals surface area contributed by atoms with E-state index in [2.05, 4.69) is 10.3 Å². The number of methoxy groups -OCH3 is 4. The van der Waals surface area contributed by atoms with Crippen LogP contribution in [-0.4, -0.2) is 45.3 Å². The van der Waals surface area contributed by atoms with E-state index >= 15 is 0 Å². The van der Waals surface area contributed by atoms with Crippen LogP contribution in [0.1, 0.15) is 33.1 Å². The van der Waals surface area contributed by atoms with E-state index in [9.17, 15) is 9.59 Å². The molecule has 2 N–H and O–H groups in total. The number of amides is 1. The number of carbonyl (C=O) groups is 2. The number of para-hydroxylation sites is 1. The molecular weight excluding hydrogens is 448 g/mol. The first kappa shape index (κ1) is 22.5. The van der Waals surface area contributed by atoms with Crippen molar-refractivity contribution in [2.75, 3.05) is 33.8 Å². The van der Waals surface area contributed by atoms with Gasteiger partial charge in [-0.25, -0.2) is 4.79 Å². The van der Waals surface area contributed by atoms with Crippen molar-refractivity contribution in [2.45, 2.75) is 12.8 Å². The number of nitrogens with one attached hydrogen (secondary N) is 2. The fraction of sp³-hybridized carbons (Fsp3) is 0.250. The van der Waals surface area contributed by atoms with Crippen LogP contribution in [-0.2, 0) is 9.53 Å². The van der Waals surface area contributed by atoms with E-state index in [0.717, 1.165) is 0 Å². The quantitative estimate of drug-likeness (QED) is 0.513. The maximum atomic E-state index is 13.2. The van der Waals surface area contributed by atoms with Crippen molar-refractivity contribution in [1.29, 1.82) is 0 Å². The molecule has 33 heavy (non-hydrogen) atoms. The zero-order chi connectivity index (χ0) is 23.9. The van der Waals surface area contributed by atoms with Crippen molar-refractivity contribution in [3.05, 3.63) is 57.7 Å². The van der Waals surface area contributed by atoms with Gasteiger partial charge in [-0.05, 0) is 30.7 Å². The van der Waals surface area contributed by atoms with Gasteiger partial charge in [0.15, 0.2) is 11.5 Å². The van der Waals surface area contributed by atoms with Gasteiger partial charge in [-0.1, -0.05) is 23.7 Å². The van der Waals surface area contributed by atoms with Gasteiger partial charge < -0.3 is 29.2 Å². The maximum absolute atomic E-state index is 13.2. The summed E-state index contributed by atoms with van der Waals surface area (Å²) in [5.74, 6) is -0.339. The lowest BCUT2D eigenvalue weighted by Gasteiger charge is -2.16. The van der Waals surface area contributed by atoms with Crippen molar-refractivity contribution >= 4 is 29.2 Å². The minimum Gasteiger partial charge on any atom is -0.493 e. The highest BCUT2D eigenvalue weighted by molar-refractivity contribution is 6.34. The molecule has 0 saturated heterocycles.